The van der Waals surface area contributed by atoms with Crippen molar-refractivity contribution in [1.29, 1.82) is 0 Å². The van der Waals surface area contributed by atoms with Gasteiger partial charge in [-0.3, -0.25) is 0 Å². The highest BCUT2D eigenvalue weighted by Gasteiger charge is 2.21. The highest BCUT2D eigenvalue weighted by Crippen LogP contribution is 2.20. The van der Waals surface area contributed by atoms with Gasteiger partial charge < -0.3 is 4.74 Å². The summed E-state index contributed by atoms with van der Waals surface area (Å²) in [5.41, 5.74) is 1.94. The molecule has 2 aromatic carbocycles. The van der Waals surface area contributed by atoms with Gasteiger partial charge >= 0.3 is 5.97 Å². The number of carbonyl (C=O) groups excluding carboxylic acids is 1. The van der Waals surface area contributed by atoms with Crippen LogP contribution in [-0.2, 0) is 10.0 Å². The average Bonchev–Trinajstić information content (AvgIpc) is 2.49. The first-order valence-electron chi connectivity index (χ1n) is 7.04. The molecule has 0 fully saturated rings. The molecule has 0 spiro atoms. The van der Waals surface area contributed by atoms with Crippen LogP contribution in [0.25, 0.3) is 0 Å². The van der Waals surface area contributed by atoms with Crippen LogP contribution in [0.2, 0.25) is 0 Å². The van der Waals surface area contributed by atoms with Crippen LogP contribution in [0.1, 0.15) is 21.5 Å². The maximum atomic E-state index is 12.3. The Labute approximate surface area is 136 Å². The number of benzene rings is 2. The number of hydrogen-bond donors (Lipinski definition) is 0. The Morgan fingerprint density at radius 3 is 2.17 bits per heavy atom. The van der Waals surface area contributed by atoms with Crippen molar-refractivity contribution in [1.82, 2.24) is 4.31 Å². The van der Waals surface area contributed by atoms with E-state index in [1.807, 2.05) is 19.1 Å². The summed E-state index contributed by atoms with van der Waals surface area (Å²) in [6, 6.07) is 11.5. The average molecular weight is 333 g/mol. The predicted molar refractivity (Wildman–Crippen MR) is 88.2 cm³/mol. The molecule has 0 unspecified atom stereocenters. The molecule has 0 radical (unpaired) electrons. The molecule has 0 saturated carbocycles. The largest absolute Gasteiger partial charge is 0.423 e. The zero-order valence-corrected chi connectivity index (χ0v) is 14.3. The van der Waals surface area contributed by atoms with Crippen molar-refractivity contribution in [2.45, 2.75) is 18.7 Å². The van der Waals surface area contributed by atoms with Crippen LogP contribution < -0.4 is 4.74 Å². The molecule has 6 heteroatoms. The second kappa shape index (κ2) is 6.52. The van der Waals surface area contributed by atoms with Gasteiger partial charge in [-0.2, -0.15) is 0 Å². The second-order valence-electron chi connectivity index (χ2n) is 5.47. The minimum atomic E-state index is -3.60. The van der Waals surface area contributed by atoms with E-state index in [4.69, 9.17) is 4.74 Å². The fourth-order valence-corrected chi connectivity index (χ4v) is 2.89. The summed E-state index contributed by atoms with van der Waals surface area (Å²) in [6.07, 6.45) is 0. The Kier molecular flexibility index (Phi) is 4.87. The molecule has 0 aliphatic carbocycles. The van der Waals surface area contributed by atoms with Gasteiger partial charge in [0.2, 0.25) is 10.0 Å². The van der Waals surface area contributed by atoms with Crippen LogP contribution in [0.5, 0.6) is 5.75 Å². The van der Waals surface area contributed by atoms with Crippen LogP contribution >= 0.6 is 0 Å². The van der Waals surface area contributed by atoms with Crippen molar-refractivity contribution in [3.8, 4) is 5.75 Å². The normalized spacial score (nSPS) is 11.5. The number of nitrogens with zero attached hydrogens (tertiary/aromatic N) is 1. The highest BCUT2D eigenvalue weighted by atomic mass is 32.2. The van der Waals surface area contributed by atoms with Gasteiger partial charge in [0, 0.05) is 14.1 Å². The molecule has 0 bridgehead atoms. The third-order valence-corrected chi connectivity index (χ3v) is 5.25. The molecule has 2 aromatic rings. The van der Waals surface area contributed by atoms with E-state index in [1.165, 1.54) is 26.2 Å². The second-order valence-corrected chi connectivity index (χ2v) is 7.62. The number of carbonyl (C=O) groups is 1. The lowest BCUT2D eigenvalue weighted by molar-refractivity contribution is 0.0733. The Balaban J connectivity index is 2.35. The summed E-state index contributed by atoms with van der Waals surface area (Å²) in [4.78, 5) is 12.4. The lowest BCUT2D eigenvalue weighted by Gasteiger charge is -2.13. The summed E-state index contributed by atoms with van der Waals surface area (Å²) in [5, 5.41) is 0. The highest BCUT2D eigenvalue weighted by molar-refractivity contribution is 7.89. The Morgan fingerprint density at radius 2 is 1.61 bits per heavy atom. The van der Waals surface area contributed by atoms with E-state index in [0.717, 1.165) is 9.87 Å². The molecule has 0 saturated heterocycles. The van der Waals surface area contributed by atoms with Gasteiger partial charge in [0.05, 0.1) is 10.5 Å². The first-order chi connectivity index (χ1) is 10.7. The van der Waals surface area contributed by atoms with Gasteiger partial charge in [-0.25, -0.2) is 17.5 Å². The van der Waals surface area contributed by atoms with Crippen molar-refractivity contribution in [2.75, 3.05) is 14.1 Å². The molecular weight excluding hydrogens is 314 g/mol. The van der Waals surface area contributed by atoms with Gasteiger partial charge in [-0.15, -0.1) is 0 Å². The van der Waals surface area contributed by atoms with Crippen LogP contribution in [0.4, 0.5) is 0 Å². The van der Waals surface area contributed by atoms with Gasteiger partial charge in [-0.1, -0.05) is 23.8 Å². The van der Waals surface area contributed by atoms with Crippen molar-refractivity contribution < 1.29 is 17.9 Å². The van der Waals surface area contributed by atoms with Crippen LogP contribution in [-0.4, -0.2) is 32.8 Å². The maximum absolute atomic E-state index is 12.3. The minimum absolute atomic E-state index is 0.0592. The molecule has 0 aliphatic heterocycles. The molecule has 0 aromatic heterocycles. The molecule has 0 aliphatic rings. The molecule has 23 heavy (non-hydrogen) atoms. The summed E-state index contributed by atoms with van der Waals surface area (Å²) in [5.74, 6) is -0.164. The molecule has 0 amide bonds. The van der Waals surface area contributed by atoms with E-state index in [1.54, 1.807) is 25.1 Å². The monoisotopic (exact) mass is 333 g/mol. The van der Waals surface area contributed by atoms with Crippen molar-refractivity contribution in [2.24, 2.45) is 0 Å². The van der Waals surface area contributed by atoms with Crippen LogP contribution in [0, 0.1) is 13.8 Å². The summed E-state index contributed by atoms with van der Waals surface area (Å²) >= 11 is 0. The molecule has 2 rings (SSSR count). The number of aryl methyl sites for hydroxylation is 2. The third kappa shape index (κ3) is 3.78. The van der Waals surface area contributed by atoms with E-state index < -0.39 is 16.0 Å². The van der Waals surface area contributed by atoms with Gasteiger partial charge in [0.15, 0.2) is 0 Å². The Bertz CT molecular complexity index is 824. The fourth-order valence-electron chi connectivity index (χ4n) is 1.96. The topological polar surface area (TPSA) is 63.7 Å². The van der Waals surface area contributed by atoms with Crippen LogP contribution in [0.3, 0.4) is 0 Å². The van der Waals surface area contributed by atoms with E-state index in [-0.39, 0.29) is 10.5 Å². The fraction of sp³-hybridized carbons (Fsp3) is 0.235. The quantitative estimate of drug-likeness (QED) is 0.637. The molecule has 0 heterocycles. The van der Waals surface area contributed by atoms with E-state index in [9.17, 15) is 13.2 Å². The van der Waals surface area contributed by atoms with E-state index in [0.29, 0.717) is 11.3 Å². The Morgan fingerprint density at radius 1 is 1.00 bits per heavy atom. The van der Waals surface area contributed by atoms with Crippen molar-refractivity contribution in [3.05, 3.63) is 59.2 Å². The number of ether oxygens (including phenoxy) is 1. The maximum Gasteiger partial charge on any atom is 0.343 e. The number of hydrogen-bond acceptors (Lipinski definition) is 4. The zero-order chi connectivity index (χ0) is 17.2. The SMILES string of the molecule is Cc1ccc(OC(=O)c2cc(S(=O)(=O)N(C)C)ccc2C)cc1. The molecule has 0 atom stereocenters. The first kappa shape index (κ1) is 17.2. The third-order valence-electron chi connectivity index (χ3n) is 3.44. The number of rotatable bonds is 4. The molecule has 5 nitrogen and oxygen atoms in total. The van der Waals surface area contributed by atoms with Gasteiger partial charge in [0.1, 0.15) is 5.75 Å². The zero-order valence-electron chi connectivity index (χ0n) is 13.5. The standard InChI is InChI=1S/C17H19NO4S/c1-12-5-8-14(9-6-12)22-17(19)16-11-15(10-7-13(16)2)23(20,21)18(3)4/h5-11H,1-4H3. The van der Waals surface area contributed by atoms with E-state index in [2.05, 4.69) is 0 Å². The van der Waals surface area contributed by atoms with Crippen LogP contribution in [0.15, 0.2) is 47.4 Å². The van der Waals surface area contributed by atoms with Gasteiger partial charge in [-0.05, 0) is 43.7 Å². The number of esters is 1. The predicted octanol–water partition coefficient (Wildman–Crippen LogP) is 2.77. The minimum Gasteiger partial charge on any atom is -0.423 e. The first-order valence-corrected chi connectivity index (χ1v) is 8.48. The smallest absolute Gasteiger partial charge is 0.343 e. The molecule has 122 valence electrons. The molecule has 0 N–H and O–H groups in total. The van der Waals surface area contributed by atoms with E-state index >= 15 is 0 Å². The lowest BCUT2D eigenvalue weighted by Crippen LogP contribution is -2.23. The Hall–Kier alpha value is -2.18. The summed E-state index contributed by atoms with van der Waals surface area (Å²) < 4.78 is 30.8. The summed E-state index contributed by atoms with van der Waals surface area (Å²) in [6.45, 7) is 3.67. The summed E-state index contributed by atoms with van der Waals surface area (Å²) in [7, 11) is -0.715. The lowest BCUT2D eigenvalue weighted by atomic mass is 10.1. The van der Waals surface area contributed by atoms with Crippen molar-refractivity contribution >= 4 is 16.0 Å². The number of sulfonamides is 1. The van der Waals surface area contributed by atoms with Gasteiger partial charge in [0.25, 0.3) is 0 Å². The van der Waals surface area contributed by atoms with Crippen molar-refractivity contribution in [3.63, 3.8) is 0 Å². The molecular formula is C17H19NO4S.